The minimum atomic E-state index is -1.83. The first-order valence-corrected chi connectivity index (χ1v) is 3.92. The van der Waals surface area contributed by atoms with Crippen LogP contribution in [-0.2, 0) is 0 Å². The van der Waals surface area contributed by atoms with Crippen molar-refractivity contribution < 1.29 is 40.5 Å². The highest BCUT2D eigenvalue weighted by atomic mass is 16.6. The number of rotatable bonds is 3. The second kappa shape index (κ2) is 15.5. The first kappa shape index (κ1) is 19.6. The van der Waals surface area contributed by atoms with Crippen molar-refractivity contribution >= 4 is 6.16 Å². The molecule has 1 atom stereocenters. The Morgan fingerprint density at radius 1 is 1.00 bits per heavy atom. The van der Waals surface area contributed by atoms with Crippen LogP contribution in [0.1, 0.15) is 6.92 Å². The van der Waals surface area contributed by atoms with Crippen molar-refractivity contribution in [2.45, 2.75) is 19.1 Å². The van der Waals surface area contributed by atoms with Gasteiger partial charge in [0.05, 0.1) is 25.9 Å². The van der Waals surface area contributed by atoms with Crippen LogP contribution in [0.25, 0.3) is 0 Å². The molecule has 0 fully saturated rings. The van der Waals surface area contributed by atoms with Gasteiger partial charge in [-0.25, -0.2) is 4.79 Å². The molecule has 0 saturated carbocycles. The average molecular weight is 230 g/mol. The maximum atomic E-state index is 8.56. The first-order chi connectivity index (χ1) is 6.81. The summed E-state index contributed by atoms with van der Waals surface area (Å²) in [4.78, 5) is 8.56. The molecule has 0 rings (SSSR count). The molecule has 1 unspecified atom stereocenters. The molecule has 15 heavy (non-hydrogen) atoms. The molecule has 0 spiro atoms. The number of hydrogen-bond acceptors (Lipinski definition) is 6. The predicted molar refractivity (Wildman–Crippen MR) is 49.6 cm³/mol. The second-order valence-corrected chi connectivity index (χ2v) is 2.33. The quantitative estimate of drug-likeness (QED) is 0.291. The van der Waals surface area contributed by atoms with E-state index in [-0.39, 0.29) is 19.8 Å². The van der Waals surface area contributed by atoms with Crippen molar-refractivity contribution in [3.63, 3.8) is 0 Å². The van der Waals surface area contributed by atoms with Gasteiger partial charge >= 0.3 is 6.16 Å². The van der Waals surface area contributed by atoms with E-state index in [1.54, 1.807) is 0 Å². The zero-order valence-corrected chi connectivity index (χ0v) is 8.31. The Bertz CT molecular complexity index is 118. The number of hydrogen-bond donors (Lipinski definition) is 7. The number of aliphatic hydroxyl groups is 5. The Labute approximate surface area is 86.7 Å². The summed E-state index contributed by atoms with van der Waals surface area (Å²) in [5.74, 6) is 0. The molecule has 0 radical (unpaired) electrons. The maximum absolute atomic E-state index is 8.56. The summed E-state index contributed by atoms with van der Waals surface area (Å²) in [7, 11) is 0. The van der Waals surface area contributed by atoms with Crippen LogP contribution in [0.4, 0.5) is 4.79 Å². The molecule has 0 bridgehead atoms. The molecule has 0 amide bonds. The van der Waals surface area contributed by atoms with Gasteiger partial charge in [0.2, 0.25) is 0 Å². The molecular weight excluding hydrogens is 212 g/mol. The molecule has 8 heteroatoms. The van der Waals surface area contributed by atoms with E-state index in [9.17, 15) is 0 Å². The minimum Gasteiger partial charge on any atom is -0.450 e. The lowest BCUT2D eigenvalue weighted by Gasteiger charge is -1.96. The molecule has 0 aliphatic heterocycles. The van der Waals surface area contributed by atoms with Crippen molar-refractivity contribution in [1.82, 2.24) is 0 Å². The zero-order chi connectivity index (χ0) is 12.9. The van der Waals surface area contributed by atoms with Crippen molar-refractivity contribution in [2.75, 3.05) is 19.8 Å². The molecule has 7 N–H and O–H groups in total. The summed E-state index contributed by atoms with van der Waals surface area (Å²) in [5, 5.41) is 54.0. The van der Waals surface area contributed by atoms with E-state index in [4.69, 9.17) is 40.5 Å². The van der Waals surface area contributed by atoms with Gasteiger partial charge in [0.25, 0.3) is 0 Å². The van der Waals surface area contributed by atoms with E-state index >= 15 is 0 Å². The summed E-state index contributed by atoms with van der Waals surface area (Å²) < 4.78 is 0. The van der Waals surface area contributed by atoms with Crippen molar-refractivity contribution in [1.29, 1.82) is 0 Å². The minimum absolute atomic E-state index is 0.139. The Morgan fingerprint density at radius 2 is 1.20 bits per heavy atom. The van der Waals surface area contributed by atoms with Crippen LogP contribution in [-0.4, -0.2) is 73.9 Å². The predicted octanol–water partition coefficient (Wildman–Crippen LogP) is -2.09. The van der Waals surface area contributed by atoms with Gasteiger partial charge in [-0.3, -0.25) is 0 Å². The Hall–Kier alpha value is -0.930. The highest BCUT2D eigenvalue weighted by Gasteiger charge is 1.93. The van der Waals surface area contributed by atoms with Gasteiger partial charge in [-0.15, -0.1) is 0 Å². The lowest BCUT2D eigenvalue weighted by Crippen LogP contribution is -2.15. The van der Waals surface area contributed by atoms with E-state index in [1.165, 1.54) is 6.92 Å². The third kappa shape index (κ3) is 62.3. The fourth-order valence-corrected chi connectivity index (χ4v) is 0.0577. The smallest absolute Gasteiger partial charge is 0.450 e. The summed E-state index contributed by atoms with van der Waals surface area (Å²) in [6.45, 7) is 0.660. The fraction of sp³-hybridized carbons (Fsp3) is 0.857. The third-order valence-corrected chi connectivity index (χ3v) is 0.686. The summed E-state index contributed by atoms with van der Waals surface area (Å²) in [6, 6.07) is 0. The SMILES string of the molecule is CC(O)CO.O=C(O)O.OCC(O)CO. The van der Waals surface area contributed by atoms with E-state index < -0.39 is 18.4 Å². The van der Waals surface area contributed by atoms with Gasteiger partial charge in [0.1, 0.15) is 6.10 Å². The van der Waals surface area contributed by atoms with E-state index in [2.05, 4.69) is 0 Å². The van der Waals surface area contributed by atoms with E-state index in [0.29, 0.717) is 0 Å². The standard InChI is InChI=1S/C3H8O3.C3H8O2.CH2O3/c4-1-3(6)2-5;1-3(5)2-4;2-1(3)4/h3-6H,1-2H2;3-5H,2H2,1H3;(H2,2,3,4). The van der Waals surface area contributed by atoms with Gasteiger partial charge in [0, 0.05) is 0 Å². The molecule has 0 heterocycles. The molecule has 94 valence electrons. The Morgan fingerprint density at radius 3 is 1.20 bits per heavy atom. The van der Waals surface area contributed by atoms with Crippen LogP contribution in [0.2, 0.25) is 0 Å². The van der Waals surface area contributed by atoms with Crippen LogP contribution in [0, 0.1) is 0 Å². The normalized spacial score (nSPS) is 10.6. The van der Waals surface area contributed by atoms with Gasteiger partial charge in [-0.2, -0.15) is 0 Å². The zero-order valence-electron chi connectivity index (χ0n) is 8.31. The van der Waals surface area contributed by atoms with E-state index in [1.807, 2.05) is 0 Å². The lowest BCUT2D eigenvalue weighted by molar-refractivity contribution is 0.0450. The molecule has 0 aliphatic carbocycles. The van der Waals surface area contributed by atoms with Crippen molar-refractivity contribution in [3.05, 3.63) is 0 Å². The number of carbonyl (C=O) groups is 1. The van der Waals surface area contributed by atoms with Gasteiger partial charge in [-0.05, 0) is 6.92 Å². The Kier molecular flexibility index (Phi) is 20.3. The molecule has 0 aromatic heterocycles. The molecule has 8 nitrogen and oxygen atoms in total. The van der Waals surface area contributed by atoms with Crippen molar-refractivity contribution in [3.8, 4) is 0 Å². The molecular formula is C7H18O8. The Balaban J connectivity index is -0.000000147. The van der Waals surface area contributed by atoms with Crippen molar-refractivity contribution in [2.24, 2.45) is 0 Å². The highest BCUT2D eigenvalue weighted by Crippen LogP contribution is 1.71. The number of aliphatic hydroxyl groups excluding tert-OH is 5. The molecule has 0 aromatic rings. The van der Waals surface area contributed by atoms with Crippen LogP contribution in [0.5, 0.6) is 0 Å². The molecule has 0 saturated heterocycles. The highest BCUT2D eigenvalue weighted by molar-refractivity contribution is 5.53. The number of carboxylic acid groups (broad SMARTS) is 2. The molecule has 0 aliphatic rings. The fourth-order valence-electron chi connectivity index (χ4n) is 0.0577. The monoisotopic (exact) mass is 230 g/mol. The largest absolute Gasteiger partial charge is 0.503 e. The van der Waals surface area contributed by atoms with Crippen LogP contribution in [0.3, 0.4) is 0 Å². The van der Waals surface area contributed by atoms with Crippen LogP contribution < -0.4 is 0 Å². The van der Waals surface area contributed by atoms with E-state index in [0.717, 1.165) is 0 Å². The average Bonchev–Trinajstić information content (AvgIpc) is 2.16. The topological polar surface area (TPSA) is 159 Å². The van der Waals surface area contributed by atoms with Crippen LogP contribution >= 0.6 is 0 Å². The summed E-state index contributed by atoms with van der Waals surface area (Å²) in [6.07, 6.45) is -3.35. The maximum Gasteiger partial charge on any atom is 0.503 e. The summed E-state index contributed by atoms with van der Waals surface area (Å²) in [5.41, 5.74) is 0. The second-order valence-electron chi connectivity index (χ2n) is 2.33. The van der Waals surface area contributed by atoms with Gasteiger partial charge < -0.3 is 35.7 Å². The van der Waals surface area contributed by atoms with Gasteiger partial charge in [0.15, 0.2) is 0 Å². The van der Waals surface area contributed by atoms with Crippen LogP contribution in [0.15, 0.2) is 0 Å². The third-order valence-electron chi connectivity index (χ3n) is 0.686. The summed E-state index contributed by atoms with van der Waals surface area (Å²) >= 11 is 0. The molecule has 0 aromatic carbocycles. The lowest BCUT2D eigenvalue weighted by atomic mass is 10.4. The van der Waals surface area contributed by atoms with Gasteiger partial charge in [-0.1, -0.05) is 0 Å². The first-order valence-electron chi connectivity index (χ1n) is 3.92.